The molecule has 1 aromatic rings. The Bertz CT molecular complexity index is 322. The molecular weight excluding hydrogens is 192 g/mol. The van der Waals surface area contributed by atoms with Crippen LogP contribution in [0.3, 0.4) is 0 Å². The number of anilines is 1. The second-order valence-corrected chi connectivity index (χ2v) is 3.49. The van der Waals surface area contributed by atoms with Crippen LogP contribution in [0.2, 0.25) is 0 Å². The molecule has 0 aliphatic heterocycles. The third kappa shape index (κ3) is 3.99. The van der Waals surface area contributed by atoms with Crippen LogP contribution < -0.4 is 5.73 Å². The molecule has 0 spiro atoms. The third-order valence-electron chi connectivity index (χ3n) is 2.06. The molecule has 0 fully saturated rings. The predicted molar refractivity (Wildman–Crippen MR) is 59.2 cm³/mol. The first-order valence-corrected chi connectivity index (χ1v) is 4.71. The monoisotopic (exact) mass is 208 g/mol. The lowest BCUT2D eigenvalue weighted by molar-refractivity contribution is -0.141. The number of carbonyl (C=O) groups excluding carboxylic acids is 1. The molecule has 0 radical (unpaired) electrons. The highest BCUT2D eigenvalue weighted by atomic mass is 16.5. The number of benzene rings is 1. The van der Waals surface area contributed by atoms with Crippen molar-refractivity contribution in [3.8, 4) is 0 Å². The summed E-state index contributed by atoms with van der Waals surface area (Å²) in [4.78, 5) is 12.9. The number of esters is 1. The van der Waals surface area contributed by atoms with E-state index in [0.717, 1.165) is 11.3 Å². The zero-order valence-electron chi connectivity index (χ0n) is 9.06. The maximum absolute atomic E-state index is 11.0. The average Bonchev–Trinajstić information content (AvgIpc) is 2.21. The molecule has 0 aliphatic carbocycles. The molecule has 1 rings (SSSR count). The molecule has 0 heterocycles. The van der Waals surface area contributed by atoms with Gasteiger partial charge in [0.1, 0.15) is 0 Å². The summed E-state index contributed by atoms with van der Waals surface area (Å²) in [6.07, 6.45) is 0. The predicted octanol–water partition coefficient (Wildman–Crippen LogP) is 0.874. The van der Waals surface area contributed by atoms with Crippen molar-refractivity contribution >= 4 is 11.7 Å². The summed E-state index contributed by atoms with van der Waals surface area (Å²) >= 11 is 0. The second-order valence-electron chi connectivity index (χ2n) is 3.49. The van der Waals surface area contributed by atoms with Crippen LogP contribution >= 0.6 is 0 Å². The summed E-state index contributed by atoms with van der Waals surface area (Å²) in [5.74, 6) is -0.229. The van der Waals surface area contributed by atoms with Crippen molar-refractivity contribution in [2.45, 2.75) is 6.54 Å². The van der Waals surface area contributed by atoms with Gasteiger partial charge in [0, 0.05) is 12.2 Å². The Labute approximate surface area is 89.6 Å². The lowest BCUT2D eigenvalue weighted by Gasteiger charge is -2.14. The van der Waals surface area contributed by atoms with E-state index in [9.17, 15) is 4.79 Å². The molecule has 0 saturated heterocycles. The first-order valence-electron chi connectivity index (χ1n) is 4.71. The summed E-state index contributed by atoms with van der Waals surface area (Å²) in [7, 11) is 3.26. The summed E-state index contributed by atoms with van der Waals surface area (Å²) in [5.41, 5.74) is 7.44. The molecule has 2 N–H and O–H groups in total. The van der Waals surface area contributed by atoms with E-state index in [2.05, 4.69) is 4.74 Å². The normalized spacial score (nSPS) is 10.3. The molecule has 0 aromatic heterocycles. The maximum atomic E-state index is 11.0. The topological polar surface area (TPSA) is 55.6 Å². The summed E-state index contributed by atoms with van der Waals surface area (Å²) in [6, 6.07) is 7.59. The second kappa shape index (κ2) is 5.36. The van der Waals surface area contributed by atoms with Crippen molar-refractivity contribution in [3.63, 3.8) is 0 Å². The standard InChI is InChI=1S/C11H16N2O2/c1-13(8-11(14)15-2)7-9-3-5-10(12)6-4-9/h3-6H,7-8,12H2,1-2H3. The van der Waals surface area contributed by atoms with Crippen molar-refractivity contribution in [1.29, 1.82) is 0 Å². The van der Waals surface area contributed by atoms with Gasteiger partial charge < -0.3 is 10.5 Å². The van der Waals surface area contributed by atoms with E-state index in [0.29, 0.717) is 13.1 Å². The van der Waals surface area contributed by atoms with Crippen LogP contribution in [-0.4, -0.2) is 31.6 Å². The fraction of sp³-hybridized carbons (Fsp3) is 0.364. The number of nitrogen functional groups attached to an aromatic ring is 1. The number of nitrogens with two attached hydrogens (primary N) is 1. The summed E-state index contributed by atoms with van der Waals surface area (Å²) < 4.78 is 4.58. The SMILES string of the molecule is COC(=O)CN(C)Cc1ccc(N)cc1. The molecule has 0 aliphatic rings. The van der Waals surface area contributed by atoms with E-state index >= 15 is 0 Å². The highest BCUT2D eigenvalue weighted by Gasteiger charge is 2.06. The smallest absolute Gasteiger partial charge is 0.319 e. The first-order chi connectivity index (χ1) is 7.11. The van der Waals surface area contributed by atoms with Gasteiger partial charge in [0.15, 0.2) is 0 Å². The van der Waals surface area contributed by atoms with Crippen LogP contribution in [0, 0.1) is 0 Å². The van der Waals surface area contributed by atoms with Crippen molar-refractivity contribution in [3.05, 3.63) is 29.8 Å². The Morgan fingerprint density at radius 2 is 2.00 bits per heavy atom. The van der Waals surface area contributed by atoms with Crippen LogP contribution in [0.15, 0.2) is 24.3 Å². The molecule has 0 atom stereocenters. The van der Waals surface area contributed by atoms with Crippen molar-refractivity contribution in [2.24, 2.45) is 0 Å². The van der Waals surface area contributed by atoms with Gasteiger partial charge in [0.25, 0.3) is 0 Å². The van der Waals surface area contributed by atoms with Crippen LogP contribution in [0.25, 0.3) is 0 Å². The van der Waals surface area contributed by atoms with Crippen LogP contribution in [0.4, 0.5) is 5.69 Å². The number of likely N-dealkylation sites (N-methyl/N-ethyl adjacent to an activating group) is 1. The Kier molecular flexibility index (Phi) is 4.12. The highest BCUT2D eigenvalue weighted by Crippen LogP contribution is 2.07. The van der Waals surface area contributed by atoms with Gasteiger partial charge in [-0.25, -0.2) is 0 Å². The number of methoxy groups -OCH3 is 1. The van der Waals surface area contributed by atoms with Crippen molar-refractivity contribution < 1.29 is 9.53 Å². The molecular formula is C11H16N2O2. The minimum absolute atomic E-state index is 0.229. The summed E-state index contributed by atoms with van der Waals surface area (Å²) in [6.45, 7) is 0.996. The van der Waals surface area contributed by atoms with Crippen LogP contribution in [0.1, 0.15) is 5.56 Å². The number of carbonyl (C=O) groups is 1. The molecule has 0 amide bonds. The number of rotatable bonds is 4. The minimum atomic E-state index is -0.229. The maximum Gasteiger partial charge on any atom is 0.319 e. The van der Waals surface area contributed by atoms with E-state index in [-0.39, 0.29) is 5.97 Å². The van der Waals surface area contributed by atoms with Crippen molar-refractivity contribution in [2.75, 3.05) is 26.4 Å². The Morgan fingerprint density at radius 1 is 1.40 bits per heavy atom. The van der Waals surface area contributed by atoms with Gasteiger partial charge in [-0.15, -0.1) is 0 Å². The van der Waals surface area contributed by atoms with Gasteiger partial charge in [-0.1, -0.05) is 12.1 Å². The molecule has 0 unspecified atom stereocenters. The van der Waals surface area contributed by atoms with Gasteiger partial charge >= 0.3 is 5.97 Å². The number of nitrogens with zero attached hydrogens (tertiary/aromatic N) is 1. The van der Waals surface area contributed by atoms with Gasteiger partial charge in [0.05, 0.1) is 13.7 Å². The number of hydrogen-bond acceptors (Lipinski definition) is 4. The van der Waals surface area contributed by atoms with Crippen LogP contribution in [0.5, 0.6) is 0 Å². The van der Waals surface area contributed by atoms with Gasteiger partial charge in [0.2, 0.25) is 0 Å². The first kappa shape index (κ1) is 11.5. The molecule has 0 bridgehead atoms. The van der Waals surface area contributed by atoms with Crippen LogP contribution in [-0.2, 0) is 16.1 Å². The highest BCUT2D eigenvalue weighted by molar-refractivity contribution is 5.71. The molecule has 1 aromatic carbocycles. The Morgan fingerprint density at radius 3 is 2.53 bits per heavy atom. The fourth-order valence-electron chi connectivity index (χ4n) is 1.28. The largest absolute Gasteiger partial charge is 0.468 e. The lowest BCUT2D eigenvalue weighted by Crippen LogP contribution is -2.26. The molecule has 15 heavy (non-hydrogen) atoms. The lowest BCUT2D eigenvalue weighted by atomic mass is 10.2. The molecule has 0 saturated carbocycles. The van der Waals surface area contributed by atoms with E-state index in [1.807, 2.05) is 36.2 Å². The minimum Gasteiger partial charge on any atom is -0.468 e. The average molecular weight is 208 g/mol. The Hall–Kier alpha value is -1.55. The zero-order valence-corrected chi connectivity index (χ0v) is 9.06. The van der Waals surface area contributed by atoms with Gasteiger partial charge in [-0.3, -0.25) is 9.69 Å². The zero-order chi connectivity index (χ0) is 11.3. The van der Waals surface area contributed by atoms with Gasteiger partial charge in [-0.05, 0) is 24.7 Å². The van der Waals surface area contributed by atoms with E-state index in [4.69, 9.17) is 5.73 Å². The third-order valence-corrected chi connectivity index (χ3v) is 2.06. The molecule has 4 heteroatoms. The quantitative estimate of drug-likeness (QED) is 0.589. The number of ether oxygens (including phenoxy) is 1. The summed E-state index contributed by atoms with van der Waals surface area (Å²) in [5, 5.41) is 0. The Balaban J connectivity index is 2.47. The molecule has 4 nitrogen and oxygen atoms in total. The van der Waals surface area contributed by atoms with Gasteiger partial charge in [-0.2, -0.15) is 0 Å². The van der Waals surface area contributed by atoms with Crippen molar-refractivity contribution in [1.82, 2.24) is 4.90 Å². The fourth-order valence-corrected chi connectivity index (χ4v) is 1.28. The van der Waals surface area contributed by atoms with E-state index < -0.39 is 0 Å². The van der Waals surface area contributed by atoms with E-state index in [1.165, 1.54) is 7.11 Å². The van der Waals surface area contributed by atoms with E-state index in [1.54, 1.807) is 0 Å². The molecule has 82 valence electrons. The number of hydrogen-bond donors (Lipinski definition) is 1.